The van der Waals surface area contributed by atoms with Gasteiger partial charge < -0.3 is 9.84 Å². The number of thiophene rings is 1. The molecule has 0 spiro atoms. The monoisotopic (exact) mass is 368 g/mol. The fourth-order valence-electron chi connectivity index (χ4n) is 1.57. The molecular weight excluding hydrogens is 356 g/mol. The predicted octanol–water partition coefficient (Wildman–Crippen LogP) is 3.38. The summed E-state index contributed by atoms with van der Waals surface area (Å²) in [4.78, 5) is 12.3. The Labute approximate surface area is 134 Å². The first-order valence-corrected chi connectivity index (χ1v) is 7.76. The molecule has 0 aliphatic carbocycles. The van der Waals surface area contributed by atoms with Gasteiger partial charge in [0.25, 0.3) is 5.91 Å². The molecule has 7 heteroatoms. The molecule has 0 unspecified atom stereocenters. The maximum Gasteiger partial charge on any atom is 0.281 e. The molecular formula is C14H13BrN2O3S. The smallest absolute Gasteiger partial charge is 0.281 e. The maximum atomic E-state index is 11.8. The van der Waals surface area contributed by atoms with Crippen LogP contribution in [0.5, 0.6) is 11.5 Å². The van der Waals surface area contributed by atoms with E-state index in [-0.39, 0.29) is 11.7 Å². The lowest BCUT2D eigenvalue weighted by Gasteiger charge is -2.07. The Hall–Kier alpha value is -1.86. The third kappa shape index (κ3) is 4.05. The molecule has 2 aromatic rings. The number of hydrogen-bond acceptors (Lipinski definition) is 5. The van der Waals surface area contributed by atoms with Crippen molar-refractivity contribution in [3.8, 4) is 11.5 Å². The van der Waals surface area contributed by atoms with Gasteiger partial charge in [0, 0.05) is 5.56 Å². The summed E-state index contributed by atoms with van der Waals surface area (Å²) in [6.07, 6.45) is 1.37. The van der Waals surface area contributed by atoms with Gasteiger partial charge in [-0.15, -0.1) is 11.3 Å². The number of hydrogen-bond donors (Lipinski definition) is 2. The quantitative estimate of drug-likeness (QED) is 0.627. The Morgan fingerprint density at radius 2 is 2.29 bits per heavy atom. The summed E-state index contributed by atoms with van der Waals surface area (Å²) in [7, 11) is 0. The van der Waals surface area contributed by atoms with Crippen LogP contribution in [0.3, 0.4) is 0 Å². The van der Waals surface area contributed by atoms with Crippen molar-refractivity contribution in [3.05, 3.63) is 44.6 Å². The lowest BCUT2D eigenvalue weighted by Crippen LogP contribution is -2.16. The van der Waals surface area contributed by atoms with E-state index in [0.717, 1.165) is 3.79 Å². The van der Waals surface area contributed by atoms with Crippen LogP contribution in [0.4, 0.5) is 0 Å². The zero-order valence-electron chi connectivity index (χ0n) is 11.2. The van der Waals surface area contributed by atoms with Crippen LogP contribution >= 0.6 is 27.3 Å². The Balaban J connectivity index is 2.04. The number of nitrogens with one attached hydrogen (secondary N) is 1. The minimum Gasteiger partial charge on any atom is -0.504 e. The van der Waals surface area contributed by atoms with Crippen LogP contribution in [-0.2, 0) is 0 Å². The standard InChI is InChI=1S/C14H13BrN2O3S/c1-2-20-10-5-3-4-9(13(10)18)8-16-17-14(19)11-6-7-12(15)21-11/h3-8,18H,2H2,1H3,(H,17,19)/b16-8-. The molecule has 5 nitrogen and oxygen atoms in total. The van der Waals surface area contributed by atoms with Crippen molar-refractivity contribution in [3.63, 3.8) is 0 Å². The summed E-state index contributed by atoms with van der Waals surface area (Å²) in [6, 6.07) is 8.57. The van der Waals surface area contributed by atoms with Crippen molar-refractivity contribution in [1.29, 1.82) is 0 Å². The highest BCUT2D eigenvalue weighted by atomic mass is 79.9. The number of nitrogens with zero attached hydrogens (tertiary/aromatic N) is 1. The number of hydrazone groups is 1. The molecule has 0 aliphatic heterocycles. The summed E-state index contributed by atoms with van der Waals surface area (Å²) >= 11 is 4.61. The topological polar surface area (TPSA) is 70.9 Å². The highest BCUT2D eigenvalue weighted by Crippen LogP contribution is 2.28. The van der Waals surface area contributed by atoms with Gasteiger partial charge in [-0.05, 0) is 47.1 Å². The molecule has 1 aromatic heterocycles. The van der Waals surface area contributed by atoms with E-state index >= 15 is 0 Å². The SMILES string of the molecule is CCOc1cccc(/C=N\NC(=O)c2ccc(Br)s2)c1O. The van der Waals surface area contributed by atoms with E-state index in [1.807, 2.05) is 6.92 Å². The first-order chi connectivity index (χ1) is 10.1. The molecule has 21 heavy (non-hydrogen) atoms. The van der Waals surface area contributed by atoms with Gasteiger partial charge in [0.1, 0.15) is 0 Å². The summed E-state index contributed by atoms with van der Waals surface area (Å²) in [6.45, 7) is 2.29. The lowest BCUT2D eigenvalue weighted by atomic mass is 10.2. The molecule has 2 N–H and O–H groups in total. The first kappa shape index (κ1) is 15.5. The van der Waals surface area contributed by atoms with Crippen molar-refractivity contribution in [2.75, 3.05) is 6.61 Å². The zero-order chi connectivity index (χ0) is 15.2. The number of phenolic OH excluding ortho intramolecular Hbond substituents is 1. The average molecular weight is 369 g/mol. The molecule has 1 aromatic carbocycles. The summed E-state index contributed by atoms with van der Waals surface area (Å²) in [5.41, 5.74) is 2.87. The molecule has 110 valence electrons. The number of ether oxygens (including phenoxy) is 1. The van der Waals surface area contributed by atoms with Crippen LogP contribution in [0.25, 0.3) is 0 Å². The maximum absolute atomic E-state index is 11.8. The second kappa shape index (κ2) is 7.24. The van der Waals surface area contributed by atoms with Gasteiger partial charge >= 0.3 is 0 Å². The van der Waals surface area contributed by atoms with E-state index < -0.39 is 0 Å². The molecule has 2 rings (SSSR count). The fraction of sp³-hybridized carbons (Fsp3) is 0.143. The Bertz CT molecular complexity index is 670. The van der Waals surface area contributed by atoms with E-state index in [9.17, 15) is 9.90 Å². The van der Waals surface area contributed by atoms with Crippen LogP contribution < -0.4 is 10.2 Å². The average Bonchev–Trinajstić information content (AvgIpc) is 2.89. The van der Waals surface area contributed by atoms with Gasteiger partial charge in [0.15, 0.2) is 11.5 Å². The van der Waals surface area contributed by atoms with Crippen molar-refractivity contribution in [1.82, 2.24) is 5.43 Å². The number of amides is 1. The van der Waals surface area contributed by atoms with Crippen LogP contribution in [0, 0.1) is 0 Å². The molecule has 1 heterocycles. The van der Waals surface area contributed by atoms with Crippen molar-refractivity contribution in [2.24, 2.45) is 5.10 Å². The molecule has 0 bridgehead atoms. The van der Waals surface area contributed by atoms with Crippen LogP contribution in [0.15, 0.2) is 39.2 Å². The van der Waals surface area contributed by atoms with Crippen molar-refractivity contribution in [2.45, 2.75) is 6.92 Å². The number of carbonyl (C=O) groups excluding carboxylic acids is 1. The van der Waals surface area contributed by atoms with E-state index in [1.54, 1.807) is 30.3 Å². The Morgan fingerprint density at radius 1 is 1.48 bits per heavy atom. The summed E-state index contributed by atoms with van der Waals surface area (Å²) in [5.74, 6) is 0.0774. The second-order valence-corrected chi connectivity index (χ2v) is 6.39. The van der Waals surface area contributed by atoms with E-state index in [1.165, 1.54) is 17.6 Å². The largest absolute Gasteiger partial charge is 0.504 e. The van der Waals surface area contributed by atoms with Gasteiger partial charge in [0.2, 0.25) is 0 Å². The number of rotatable bonds is 5. The summed E-state index contributed by atoms with van der Waals surface area (Å²) < 4.78 is 6.15. The van der Waals surface area contributed by atoms with E-state index in [2.05, 4.69) is 26.5 Å². The fourth-order valence-corrected chi connectivity index (χ4v) is 2.84. The molecule has 0 radical (unpaired) electrons. The second-order valence-electron chi connectivity index (χ2n) is 3.93. The van der Waals surface area contributed by atoms with Crippen LogP contribution in [0.1, 0.15) is 22.2 Å². The minimum atomic E-state index is -0.303. The highest BCUT2D eigenvalue weighted by Gasteiger charge is 2.08. The molecule has 1 amide bonds. The van der Waals surface area contributed by atoms with Gasteiger partial charge in [-0.25, -0.2) is 5.43 Å². The minimum absolute atomic E-state index is 0.00350. The Morgan fingerprint density at radius 3 is 2.95 bits per heavy atom. The van der Waals surface area contributed by atoms with Crippen LogP contribution in [-0.4, -0.2) is 23.8 Å². The summed E-state index contributed by atoms with van der Waals surface area (Å²) in [5, 5.41) is 13.8. The number of carbonyl (C=O) groups is 1. The van der Waals surface area contributed by atoms with Gasteiger partial charge in [-0.2, -0.15) is 5.10 Å². The molecule has 0 fully saturated rings. The zero-order valence-corrected chi connectivity index (χ0v) is 13.6. The molecule has 0 aliphatic rings. The number of halogens is 1. The van der Waals surface area contributed by atoms with Crippen molar-refractivity contribution < 1.29 is 14.6 Å². The number of para-hydroxylation sites is 1. The number of phenols is 1. The number of benzene rings is 1. The molecule has 0 saturated carbocycles. The van der Waals surface area contributed by atoms with E-state index in [4.69, 9.17) is 4.74 Å². The highest BCUT2D eigenvalue weighted by molar-refractivity contribution is 9.11. The third-order valence-corrected chi connectivity index (χ3v) is 4.12. The van der Waals surface area contributed by atoms with Crippen LogP contribution in [0.2, 0.25) is 0 Å². The van der Waals surface area contributed by atoms with Gasteiger partial charge in [0.05, 0.1) is 21.5 Å². The van der Waals surface area contributed by atoms with E-state index in [0.29, 0.717) is 22.8 Å². The first-order valence-electron chi connectivity index (χ1n) is 6.15. The molecule has 0 saturated heterocycles. The third-order valence-electron chi connectivity index (χ3n) is 2.50. The molecule has 0 atom stereocenters. The van der Waals surface area contributed by atoms with Gasteiger partial charge in [-0.1, -0.05) is 6.07 Å². The predicted molar refractivity (Wildman–Crippen MR) is 86.4 cm³/mol. The number of aromatic hydroxyl groups is 1. The van der Waals surface area contributed by atoms with Crippen molar-refractivity contribution >= 4 is 39.4 Å². The van der Waals surface area contributed by atoms with Gasteiger partial charge in [-0.3, -0.25) is 4.79 Å². The lowest BCUT2D eigenvalue weighted by molar-refractivity contribution is 0.0959. The Kier molecular flexibility index (Phi) is 5.35. The normalized spacial score (nSPS) is 10.8.